The lowest BCUT2D eigenvalue weighted by Gasteiger charge is -2.01. The fraction of sp³-hybridized carbons (Fsp3) is 0.133. The highest BCUT2D eigenvalue weighted by molar-refractivity contribution is 6.05. The van der Waals surface area contributed by atoms with Gasteiger partial charge in [-0.2, -0.15) is 5.10 Å². The van der Waals surface area contributed by atoms with Crippen molar-refractivity contribution in [1.29, 1.82) is 0 Å². The molecule has 0 saturated carbocycles. The summed E-state index contributed by atoms with van der Waals surface area (Å²) in [6.07, 6.45) is 4.31. The molecule has 2 rings (SSSR count). The minimum Gasteiger partial charge on any atom is -0.464 e. The monoisotopic (exact) mass is 303 g/mol. The third-order valence-electron chi connectivity index (χ3n) is 2.76. The van der Waals surface area contributed by atoms with E-state index >= 15 is 0 Å². The van der Waals surface area contributed by atoms with Gasteiger partial charge in [-0.05, 0) is 23.8 Å². The second-order valence-electron chi connectivity index (χ2n) is 4.43. The van der Waals surface area contributed by atoms with Crippen molar-refractivity contribution in [2.75, 3.05) is 12.4 Å². The van der Waals surface area contributed by atoms with E-state index in [4.69, 9.17) is 0 Å². The highest BCUT2D eigenvalue weighted by Crippen LogP contribution is 2.14. The third-order valence-corrected chi connectivity index (χ3v) is 2.76. The van der Waals surface area contributed by atoms with Crippen molar-refractivity contribution in [3.05, 3.63) is 53.6 Å². The van der Waals surface area contributed by atoms with Crippen LogP contribution < -0.4 is 5.32 Å². The van der Waals surface area contributed by atoms with Gasteiger partial charge in [0.05, 0.1) is 12.8 Å². The molecule has 1 amide bonds. The number of carbonyl (C=O) groups is 2. The maximum Gasteiger partial charge on any atom is 0.360 e. The minimum atomic E-state index is -0.640. The van der Waals surface area contributed by atoms with E-state index in [0.29, 0.717) is 5.56 Å². The van der Waals surface area contributed by atoms with Crippen molar-refractivity contribution < 1.29 is 18.7 Å². The number of methoxy groups -OCH3 is 1. The summed E-state index contributed by atoms with van der Waals surface area (Å²) in [5.41, 5.74) is 0.951. The molecule has 2 aromatic rings. The van der Waals surface area contributed by atoms with Gasteiger partial charge < -0.3 is 10.1 Å². The Balaban J connectivity index is 2.09. The molecule has 0 fully saturated rings. The number of nitrogens with one attached hydrogen (secondary N) is 1. The number of ether oxygens (including phenoxy) is 1. The van der Waals surface area contributed by atoms with Gasteiger partial charge in [0.1, 0.15) is 5.82 Å². The lowest BCUT2D eigenvalue weighted by Crippen LogP contribution is -2.12. The molecule has 0 aliphatic heterocycles. The summed E-state index contributed by atoms with van der Waals surface area (Å²) in [4.78, 5) is 23.4. The summed E-state index contributed by atoms with van der Waals surface area (Å²) in [5, 5.41) is 6.47. The maximum atomic E-state index is 12.8. The molecule has 0 saturated heterocycles. The summed E-state index contributed by atoms with van der Waals surface area (Å²) in [7, 11) is 2.85. The average molecular weight is 303 g/mol. The fourth-order valence-corrected chi connectivity index (χ4v) is 1.75. The minimum absolute atomic E-state index is 0.0218. The van der Waals surface area contributed by atoms with Crippen LogP contribution in [0.5, 0.6) is 0 Å². The molecular weight excluding hydrogens is 289 g/mol. The molecule has 0 spiro atoms. The van der Waals surface area contributed by atoms with Crippen LogP contribution in [0.3, 0.4) is 0 Å². The Morgan fingerprint density at radius 2 is 2.00 bits per heavy atom. The van der Waals surface area contributed by atoms with Crippen molar-refractivity contribution >= 4 is 23.6 Å². The number of rotatable bonds is 4. The quantitative estimate of drug-likeness (QED) is 0.692. The van der Waals surface area contributed by atoms with Gasteiger partial charge in [0, 0.05) is 19.3 Å². The van der Waals surface area contributed by atoms with Crippen LogP contribution in [-0.2, 0) is 16.6 Å². The van der Waals surface area contributed by atoms with Gasteiger partial charge in [-0.15, -0.1) is 0 Å². The Morgan fingerprint density at radius 1 is 1.32 bits per heavy atom. The van der Waals surface area contributed by atoms with Gasteiger partial charge in [0.25, 0.3) is 0 Å². The summed E-state index contributed by atoms with van der Waals surface area (Å²) < 4.78 is 18.8. The molecule has 1 aromatic heterocycles. The van der Waals surface area contributed by atoms with E-state index in [9.17, 15) is 14.0 Å². The average Bonchev–Trinajstić information content (AvgIpc) is 2.86. The summed E-state index contributed by atoms with van der Waals surface area (Å²) in [6, 6.07) is 5.69. The summed E-state index contributed by atoms with van der Waals surface area (Å²) in [5.74, 6) is -1.43. The second kappa shape index (κ2) is 6.66. The number of hydrogen-bond donors (Lipinski definition) is 1. The number of hydrogen-bond acceptors (Lipinski definition) is 4. The second-order valence-corrected chi connectivity index (χ2v) is 4.43. The maximum absolute atomic E-state index is 12.8. The predicted octanol–water partition coefficient (Wildman–Crippen LogP) is 2.00. The van der Waals surface area contributed by atoms with E-state index in [-0.39, 0.29) is 17.2 Å². The Bertz CT molecular complexity index is 720. The van der Waals surface area contributed by atoms with Crippen LogP contribution in [0.4, 0.5) is 10.1 Å². The molecule has 114 valence electrons. The van der Waals surface area contributed by atoms with Crippen LogP contribution in [0, 0.1) is 5.82 Å². The Kier molecular flexibility index (Phi) is 4.67. The first kappa shape index (κ1) is 15.4. The van der Waals surface area contributed by atoms with Gasteiger partial charge >= 0.3 is 5.97 Å². The van der Waals surface area contributed by atoms with Crippen LogP contribution in [0.25, 0.3) is 6.08 Å². The topological polar surface area (TPSA) is 73.2 Å². The van der Waals surface area contributed by atoms with Crippen LogP contribution >= 0.6 is 0 Å². The lowest BCUT2D eigenvalue weighted by atomic mass is 10.2. The van der Waals surface area contributed by atoms with E-state index in [1.807, 2.05) is 0 Å². The highest BCUT2D eigenvalue weighted by Gasteiger charge is 2.17. The first-order chi connectivity index (χ1) is 10.5. The zero-order valence-corrected chi connectivity index (χ0v) is 12.0. The molecule has 0 aliphatic rings. The molecule has 0 unspecified atom stereocenters. The van der Waals surface area contributed by atoms with Gasteiger partial charge in [-0.25, -0.2) is 9.18 Å². The number of nitrogens with zero attached hydrogens (tertiary/aromatic N) is 2. The molecule has 6 nitrogen and oxygen atoms in total. The SMILES string of the molecule is COC(=O)c1nn(C)cc1NC(=O)/C=C/c1ccc(F)cc1. The number of halogens is 1. The van der Waals surface area contributed by atoms with Gasteiger partial charge in [-0.1, -0.05) is 12.1 Å². The largest absolute Gasteiger partial charge is 0.464 e. The Hall–Kier alpha value is -2.96. The number of aromatic nitrogens is 2. The first-order valence-corrected chi connectivity index (χ1v) is 6.36. The smallest absolute Gasteiger partial charge is 0.360 e. The van der Waals surface area contributed by atoms with Gasteiger partial charge in [-0.3, -0.25) is 9.48 Å². The number of carbonyl (C=O) groups excluding carboxylic acids is 2. The number of benzene rings is 1. The zero-order chi connectivity index (χ0) is 16.1. The lowest BCUT2D eigenvalue weighted by molar-refractivity contribution is -0.111. The van der Waals surface area contributed by atoms with Crippen molar-refractivity contribution in [1.82, 2.24) is 9.78 Å². The normalized spacial score (nSPS) is 10.7. The van der Waals surface area contributed by atoms with Gasteiger partial charge in [0.15, 0.2) is 5.69 Å². The van der Waals surface area contributed by atoms with Crippen LogP contribution in [-0.4, -0.2) is 28.8 Å². The number of esters is 1. The summed E-state index contributed by atoms with van der Waals surface area (Å²) >= 11 is 0. The van der Waals surface area contributed by atoms with Crippen molar-refractivity contribution in [3.8, 4) is 0 Å². The Morgan fingerprint density at radius 3 is 2.64 bits per heavy atom. The standard InChI is InChI=1S/C15H14FN3O3/c1-19-9-12(14(18-19)15(21)22-2)17-13(20)8-5-10-3-6-11(16)7-4-10/h3-9H,1-2H3,(H,17,20)/b8-5+. The fourth-order valence-electron chi connectivity index (χ4n) is 1.75. The molecule has 0 bridgehead atoms. The van der Waals surface area contributed by atoms with Crippen LogP contribution in [0.1, 0.15) is 16.1 Å². The van der Waals surface area contributed by atoms with Crippen molar-refractivity contribution in [2.24, 2.45) is 7.05 Å². The highest BCUT2D eigenvalue weighted by atomic mass is 19.1. The molecule has 1 N–H and O–H groups in total. The molecule has 22 heavy (non-hydrogen) atoms. The first-order valence-electron chi connectivity index (χ1n) is 6.36. The van der Waals surface area contributed by atoms with Crippen molar-refractivity contribution in [3.63, 3.8) is 0 Å². The third kappa shape index (κ3) is 3.78. The molecular formula is C15H14FN3O3. The molecule has 1 aromatic carbocycles. The van der Waals surface area contributed by atoms with E-state index in [0.717, 1.165) is 0 Å². The van der Waals surface area contributed by atoms with Crippen molar-refractivity contribution in [2.45, 2.75) is 0 Å². The van der Waals surface area contributed by atoms with E-state index in [1.165, 1.54) is 42.3 Å². The van der Waals surface area contributed by atoms with E-state index in [1.54, 1.807) is 19.2 Å². The number of aryl methyl sites for hydroxylation is 1. The number of anilines is 1. The van der Waals surface area contributed by atoms with E-state index < -0.39 is 11.9 Å². The number of amides is 1. The predicted molar refractivity (Wildman–Crippen MR) is 78.6 cm³/mol. The molecule has 1 heterocycles. The zero-order valence-electron chi connectivity index (χ0n) is 12.0. The van der Waals surface area contributed by atoms with E-state index in [2.05, 4.69) is 15.2 Å². The molecule has 0 atom stereocenters. The van der Waals surface area contributed by atoms with Crippen LogP contribution in [0.15, 0.2) is 36.5 Å². The Labute approximate surface area is 126 Å². The van der Waals surface area contributed by atoms with Gasteiger partial charge in [0.2, 0.25) is 5.91 Å². The molecule has 0 aliphatic carbocycles. The van der Waals surface area contributed by atoms with Crippen LogP contribution in [0.2, 0.25) is 0 Å². The molecule has 0 radical (unpaired) electrons. The summed E-state index contributed by atoms with van der Waals surface area (Å²) in [6.45, 7) is 0. The molecule has 7 heteroatoms.